The highest BCUT2D eigenvalue weighted by Gasteiger charge is 2.53. The van der Waals surface area contributed by atoms with Gasteiger partial charge in [-0.2, -0.15) is 0 Å². The first-order chi connectivity index (χ1) is 7.25. The Kier molecular flexibility index (Phi) is 2.10. The summed E-state index contributed by atoms with van der Waals surface area (Å²) in [5.74, 6) is 1.32. The molecule has 1 aromatic heterocycles. The Balaban J connectivity index is 1.62. The van der Waals surface area contributed by atoms with Crippen LogP contribution in [0.1, 0.15) is 10.5 Å². The van der Waals surface area contributed by atoms with Crippen molar-refractivity contribution in [3.63, 3.8) is 0 Å². The molecular weight excluding hydrogens is 258 g/mol. The minimum absolute atomic E-state index is 0.0000926. The van der Waals surface area contributed by atoms with E-state index in [9.17, 15) is 4.79 Å². The zero-order valence-corrected chi connectivity index (χ0v) is 9.67. The molecule has 0 radical (unpaired) electrons. The molecule has 3 N–H and O–H groups in total. The molecule has 2 atom stereocenters. The van der Waals surface area contributed by atoms with E-state index in [1.807, 2.05) is 0 Å². The first-order valence-corrected chi connectivity index (χ1v) is 5.90. The number of H-pyrrole nitrogens is 1. The molecule has 0 bridgehead atoms. The fourth-order valence-corrected chi connectivity index (χ4v) is 2.70. The second-order valence-corrected chi connectivity index (χ2v) is 5.13. The SMILES string of the molecule is O=C(NC1C2CNCC21)c1cc(Br)c[nH]1. The highest BCUT2D eigenvalue weighted by atomic mass is 79.9. The Hall–Kier alpha value is -0.810. The van der Waals surface area contributed by atoms with Crippen LogP contribution in [0.3, 0.4) is 0 Å². The molecule has 1 aliphatic carbocycles. The van der Waals surface area contributed by atoms with Crippen molar-refractivity contribution in [3.8, 4) is 0 Å². The standard InChI is InChI=1S/C10H12BrN3O/c11-5-1-8(13-2-5)10(15)14-9-6-3-12-4-7(6)9/h1-2,6-7,9,12-13H,3-4H2,(H,14,15). The molecule has 3 rings (SSSR count). The van der Waals surface area contributed by atoms with Crippen LogP contribution in [0.4, 0.5) is 0 Å². The van der Waals surface area contributed by atoms with Gasteiger partial charge in [-0.3, -0.25) is 4.79 Å². The lowest BCUT2D eigenvalue weighted by molar-refractivity contribution is 0.0942. The van der Waals surface area contributed by atoms with E-state index in [2.05, 4.69) is 31.5 Å². The number of aromatic amines is 1. The quantitative estimate of drug-likeness (QED) is 0.742. The van der Waals surface area contributed by atoms with E-state index in [4.69, 9.17) is 0 Å². The van der Waals surface area contributed by atoms with Crippen LogP contribution in [0, 0.1) is 11.8 Å². The molecular formula is C10H12BrN3O. The fourth-order valence-electron chi connectivity index (χ4n) is 2.36. The van der Waals surface area contributed by atoms with Crippen LogP contribution in [0.5, 0.6) is 0 Å². The van der Waals surface area contributed by atoms with Crippen LogP contribution in [0.2, 0.25) is 0 Å². The van der Waals surface area contributed by atoms with Gasteiger partial charge in [0.05, 0.1) is 0 Å². The lowest BCUT2D eigenvalue weighted by Crippen LogP contribution is -2.32. The zero-order valence-electron chi connectivity index (χ0n) is 8.09. The Morgan fingerprint density at radius 3 is 2.80 bits per heavy atom. The Morgan fingerprint density at radius 1 is 1.47 bits per heavy atom. The molecule has 4 nitrogen and oxygen atoms in total. The molecule has 1 aromatic rings. The van der Waals surface area contributed by atoms with Crippen LogP contribution in [-0.2, 0) is 0 Å². The molecule has 5 heteroatoms. The normalized spacial score (nSPS) is 32.5. The molecule has 1 aliphatic heterocycles. The first-order valence-electron chi connectivity index (χ1n) is 5.11. The predicted molar refractivity (Wildman–Crippen MR) is 59.6 cm³/mol. The maximum Gasteiger partial charge on any atom is 0.267 e. The highest BCUT2D eigenvalue weighted by Crippen LogP contribution is 2.41. The van der Waals surface area contributed by atoms with Gasteiger partial charge in [-0.05, 0) is 33.8 Å². The number of piperidine rings is 1. The Bertz CT molecular complexity index is 393. The molecule has 0 aromatic carbocycles. The molecule has 1 saturated carbocycles. The zero-order chi connectivity index (χ0) is 10.4. The average molecular weight is 270 g/mol. The number of amides is 1. The molecule has 15 heavy (non-hydrogen) atoms. The number of aromatic nitrogens is 1. The summed E-state index contributed by atoms with van der Waals surface area (Å²) in [4.78, 5) is 14.7. The van der Waals surface area contributed by atoms with E-state index < -0.39 is 0 Å². The largest absolute Gasteiger partial charge is 0.356 e. The van der Waals surface area contributed by atoms with Gasteiger partial charge >= 0.3 is 0 Å². The summed E-state index contributed by atoms with van der Waals surface area (Å²) in [6, 6.07) is 2.19. The number of carbonyl (C=O) groups is 1. The van der Waals surface area contributed by atoms with Crippen molar-refractivity contribution < 1.29 is 4.79 Å². The van der Waals surface area contributed by atoms with Gasteiger partial charge in [0.15, 0.2) is 0 Å². The topological polar surface area (TPSA) is 56.9 Å². The Morgan fingerprint density at radius 2 is 2.20 bits per heavy atom. The number of fused-ring (bicyclic) bond motifs is 1. The van der Waals surface area contributed by atoms with Gasteiger partial charge in [-0.1, -0.05) is 0 Å². The Labute approximate surface area is 95.9 Å². The monoisotopic (exact) mass is 269 g/mol. The third kappa shape index (κ3) is 1.59. The molecule has 2 heterocycles. The van der Waals surface area contributed by atoms with Gasteiger partial charge in [0.1, 0.15) is 5.69 Å². The van der Waals surface area contributed by atoms with Crippen LogP contribution >= 0.6 is 15.9 Å². The number of hydrogen-bond acceptors (Lipinski definition) is 2. The first kappa shape index (κ1) is 9.42. The second kappa shape index (κ2) is 3.35. The molecule has 80 valence electrons. The van der Waals surface area contributed by atoms with Crippen molar-refractivity contribution in [1.29, 1.82) is 0 Å². The van der Waals surface area contributed by atoms with Crippen LogP contribution in [0.15, 0.2) is 16.7 Å². The summed E-state index contributed by atoms with van der Waals surface area (Å²) in [5, 5.41) is 6.36. The maximum absolute atomic E-state index is 11.8. The number of hydrogen-bond donors (Lipinski definition) is 3. The second-order valence-electron chi connectivity index (χ2n) is 4.22. The van der Waals surface area contributed by atoms with Gasteiger partial charge in [-0.15, -0.1) is 0 Å². The van der Waals surface area contributed by atoms with Crippen molar-refractivity contribution in [2.75, 3.05) is 13.1 Å². The smallest absolute Gasteiger partial charge is 0.267 e. The van der Waals surface area contributed by atoms with Crippen molar-refractivity contribution >= 4 is 21.8 Å². The molecule has 2 aliphatic rings. The third-order valence-electron chi connectivity index (χ3n) is 3.28. The molecule has 1 amide bonds. The van der Waals surface area contributed by atoms with Crippen molar-refractivity contribution in [3.05, 3.63) is 22.4 Å². The van der Waals surface area contributed by atoms with Gasteiger partial charge in [0.25, 0.3) is 5.91 Å². The lowest BCUT2D eigenvalue weighted by Gasteiger charge is -2.06. The van der Waals surface area contributed by atoms with Crippen molar-refractivity contribution in [1.82, 2.24) is 15.6 Å². The van der Waals surface area contributed by atoms with E-state index in [1.165, 1.54) is 0 Å². The van der Waals surface area contributed by atoms with Crippen LogP contribution < -0.4 is 10.6 Å². The summed E-state index contributed by atoms with van der Waals surface area (Å²) in [6.07, 6.45) is 1.77. The number of halogens is 1. The fraction of sp³-hybridized carbons (Fsp3) is 0.500. The minimum Gasteiger partial charge on any atom is -0.356 e. The number of nitrogens with one attached hydrogen (secondary N) is 3. The van der Waals surface area contributed by atoms with E-state index in [0.29, 0.717) is 23.6 Å². The van der Waals surface area contributed by atoms with Gasteiger partial charge in [0, 0.05) is 29.8 Å². The van der Waals surface area contributed by atoms with E-state index in [0.717, 1.165) is 17.6 Å². The van der Waals surface area contributed by atoms with Crippen molar-refractivity contribution in [2.24, 2.45) is 11.8 Å². The lowest BCUT2D eigenvalue weighted by atomic mass is 10.3. The van der Waals surface area contributed by atoms with Crippen LogP contribution in [-0.4, -0.2) is 30.0 Å². The predicted octanol–water partition coefficient (Wildman–Crippen LogP) is 0.725. The highest BCUT2D eigenvalue weighted by molar-refractivity contribution is 9.10. The summed E-state index contributed by atoms with van der Waals surface area (Å²) in [7, 11) is 0. The van der Waals surface area contributed by atoms with E-state index in [1.54, 1.807) is 12.3 Å². The summed E-state index contributed by atoms with van der Waals surface area (Å²) in [6.45, 7) is 2.09. The minimum atomic E-state index is 0.0000926. The molecule has 2 fully saturated rings. The molecule has 1 saturated heterocycles. The van der Waals surface area contributed by atoms with E-state index in [-0.39, 0.29) is 5.91 Å². The summed E-state index contributed by atoms with van der Waals surface area (Å²) < 4.78 is 0.908. The van der Waals surface area contributed by atoms with E-state index >= 15 is 0 Å². The maximum atomic E-state index is 11.8. The number of rotatable bonds is 2. The van der Waals surface area contributed by atoms with Crippen molar-refractivity contribution in [2.45, 2.75) is 6.04 Å². The van der Waals surface area contributed by atoms with Gasteiger partial charge < -0.3 is 15.6 Å². The van der Waals surface area contributed by atoms with Gasteiger partial charge in [-0.25, -0.2) is 0 Å². The molecule has 2 unspecified atom stereocenters. The van der Waals surface area contributed by atoms with Gasteiger partial charge in [0.2, 0.25) is 0 Å². The molecule has 0 spiro atoms. The number of carbonyl (C=O) groups excluding carboxylic acids is 1. The average Bonchev–Trinajstić information content (AvgIpc) is 2.66. The summed E-state index contributed by atoms with van der Waals surface area (Å²) >= 11 is 3.31. The summed E-state index contributed by atoms with van der Waals surface area (Å²) in [5.41, 5.74) is 0.625. The third-order valence-corrected chi connectivity index (χ3v) is 3.74. The van der Waals surface area contributed by atoms with Crippen LogP contribution in [0.25, 0.3) is 0 Å².